The summed E-state index contributed by atoms with van der Waals surface area (Å²) in [5.74, 6) is 0.577. The number of hydrogen-bond donors (Lipinski definition) is 0. The average Bonchev–Trinajstić information content (AvgIpc) is 2.46. The Morgan fingerprint density at radius 2 is 2.00 bits per heavy atom. The molecule has 0 atom stereocenters. The number of aromatic nitrogens is 1. The molecule has 1 aromatic rings. The molecule has 0 amide bonds. The second kappa shape index (κ2) is 3.89. The van der Waals surface area contributed by atoms with Crippen LogP contribution in [0, 0.1) is 12.3 Å². The molecule has 0 saturated carbocycles. The fraction of sp³-hybridized carbons (Fsp3) is 0.700. The summed E-state index contributed by atoms with van der Waals surface area (Å²) < 4.78 is 36.0. The minimum absolute atomic E-state index is 0.248. The maximum absolute atomic E-state index is 13.3. The number of hydrogen-bond acceptors (Lipinski definition) is 3. The number of aryl methyl sites for hydroxylation is 1. The Balaban J connectivity index is 2.57. The minimum Gasteiger partial charge on any atom is -0.361 e. The molecule has 0 saturated heterocycles. The molecule has 86 valence electrons. The molecule has 0 aliphatic carbocycles. The first-order valence-electron chi connectivity index (χ1n) is 4.66. The zero-order valence-electron chi connectivity index (χ0n) is 9.30. The van der Waals surface area contributed by atoms with Crippen molar-refractivity contribution in [1.29, 1.82) is 0 Å². The molecule has 1 rings (SSSR count). The summed E-state index contributed by atoms with van der Waals surface area (Å²) in [6.45, 7) is 5.70. The molecule has 0 spiro atoms. The van der Waals surface area contributed by atoms with Crippen LogP contribution in [0.1, 0.15) is 32.2 Å². The van der Waals surface area contributed by atoms with Crippen LogP contribution in [-0.2, 0) is 11.3 Å². The Hall–Kier alpha value is -0.970. The maximum atomic E-state index is 13.3. The van der Waals surface area contributed by atoms with E-state index in [9.17, 15) is 8.78 Å². The second-order valence-electron chi connectivity index (χ2n) is 4.48. The summed E-state index contributed by atoms with van der Waals surface area (Å²) in [5, 5.41) is 3.57. The Labute approximate surface area is 87.4 Å². The van der Waals surface area contributed by atoms with Crippen molar-refractivity contribution in [3.63, 3.8) is 0 Å². The Morgan fingerprint density at radius 3 is 2.40 bits per heavy atom. The highest BCUT2D eigenvalue weighted by Crippen LogP contribution is 2.37. The van der Waals surface area contributed by atoms with E-state index < -0.39 is 11.5 Å². The largest absolute Gasteiger partial charge is 0.361 e. The molecule has 0 radical (unpaired) electrons. The molecule has 0 aromatic carbocycles. The first-order valence-corrected chi connectivity index (χ1v) is 4.66. The molecule has 0 unspecified atom stereocenters. The van der Waals surface area contributed by atoms with Gasteiger partial charge in [0.25, 0.3) is 0 Å². The predicted molar refractivity (Wildman–Crippen MR) is 50.4 cm³/mol. The van der Waals surface area contributed by atoms with Crippen LogP contribution in [0.5, 0.6) is 0 Å². The van der Waals surface area contributed by atoms with Gasteiger partial charge in [0.05, 0.1) is 12.0 Å². The maximum Gasteiger partial charge on any atom is 0.360 e. The van der Waals surface area contributed by atoms with E-state index in [1.165, 1.54) is 20.8 Å². The molecule has 0 N–H and O–H groups in total. The van der Waals surface area contributed by atoms with Crippen LogP contribution >= 0.6 is 0 Å². The van der Waals surface area contributed by atoms with Gasteiger partial charge in [0.1, 0.15) is 11.5 Å². The van der Waals surface area contributed by atoms with Crippen LogP contribution in [-0.4, -0.2) is 11.3 Å². The van der Waals surface area contributed by atoms with Crippen molar-refractivity contribution in [1.82, 2.24) is 5.16 Å². The highest BCUT2D eigenvalue weighted by Gasteiger charge is 2.44. The van der Waals surface area contributed by atoms with Gasteiger partial charge in [-0.25, -0.2) is 0 Å². The lowest BCUT2D eigenvalue weighted by Crippen LogP contribution is -2.36. The van der Waals surface area contributed by atoms with Crippen LogP contribution in [0.25, 0.3) is 0 Å². The molecule has 15 heavy (non-hydrogen) atoms. The molecule has 1 heterocycles. The van der Waals surface area contributed by atoms with Crippen LogP contribution in [0.4, 0.5) is 8.78 Å². The lowest BCUT2D eigenvalue weighted by atomic mass is 9.95. The van der Waals surface area contributed by atoms with Crippen LogP contribution in [0.2, 0.25) is 0 Å². The summed E-state index contributed by atoms with van der Waals surface area (Å²) in [6, 6.07) is 1.57. The molecule has 0 bridgehead atoms. The normalized spacial score (nSPS) is 13.2. The topological polar surface area (TPSA) is 35.3 Å². The molecule has 5 heteroatoms. The van der Waals surface area contributed by atoms with Gasteiger partial charge in [0.2, 0.25) is 0 Å². The van der Waals surface area contributed by atoms with E-state index in [0.29, 0.717) is 11.5 Å². The predicted octanol–water partition coefficient (Wildman–Crippen LogP) is 3.14. The van der Waals surface area contributed by atoms with Crippen molar-refractivity contribution in [3.05, 3.63) is 17.5 Å². The van der Waals surface area contributed by atoms with Crippen molar-refractivity contribution in [3.8, 4) is 0 Å². The summed E-state index contributed by atoms with van der Waals surface area (Å²) >= 11 is 0. The third-order valence-electron chi connectivity index (χ3n) is 1.95. The van der Waals surface area contributed by atoms with E-state index in [2.05, 4.69) is 9.89 Å². The van der Waals surface area contributed by atoms with Crippen molar-refractivity contribution in [2.24, 2.45) is 5.41 Å². The summed E-state index contributed by atoms with van der Waals surface area (Å²) in [6.07, 6.45) is -3.18. The molecule has 3 nitrogen and oxygen atoms in total. The smallest absolute Gasteiger partial charge is 0.360 e. The number of nitrogens with zero attached hydrogens (tertiary/aromatic N) is 1. The van der Waals surface area contributed by atoms with E-state index >= 15 is 0 Å². The SMILES string of the molecule is Cc1cc(COC(F)(F)C(C)(C)C)no1. The highest BCUT2D eigenvalue weighted by atomic mass is 19.3. The number of ether oxygens (including phenoxy) is 1. The Morgan fingerprint density at radius 1 is 1.40 bits per heavy atom. The molecule has 0 aliphatic heterocycles. The summed E-state index contributed by atoms with van der Waals surface area (Å²) in [7, 11) is 0. The number of alkyl halides is 2. The van der Waals surface area contributed by atoms with Gasteiger partial charge < -0.3 is 9.26 Å². The first-order chi connectivity index (χ1) is 6.72. The quantitative estimate of drug-likeness (QED) is 0.783. The van der Waals surface area contributed by atoms with E-state index in [-0.39, 0.29) is 6.61 Å². The van der Waals surface area contributed by atoms with Crippen LogP contribution in [0.3, 0.4) is 0 Å². The summed E-state index contributed by atoms with van der Waals surface area (Å²) in [5.41, 5.74) is -0.859. The molecular formula is C10H15F2NO2. The zero-order valence-corrected chi connectivity index (χ0v) is 9.30. The van der Waals surface area contributed by atoms with Gasteiger partial charge in [0, 0.05) is 6.07 Å². The lowest BCUT2D eigenvalue weighted by Gasteiger charge is -2.29. The van der Waals surface area contributed by atoms with E-state index in [1.807, 2.05) is 0 Å². The number of halogens is 2. The minimum atomic E-state index is -3.18. The Bertz CT molecular complexity index is 328. The molecule has 0 aliphatic rings. The van der Waals surface area contributed by atoms with Gasteiger partial charge in [-0.1, -0.05) is 25.9 Å². The summed E-state index contributed by atoms with van der Waals surface area (Å²) in [4.78, 5) is 0. The standard InChI is InChI=1S/C10H15F2NO2/c1-7-5-8(13-15-7)6-14-10(11,12)9(2,3)4/h5H,6H2,1-4H3. The zero-order chi connectivity index (χ0) is 11.7. The van der Waals surface area contributed by atoms with Crippen LogP contribution < -0.4 is 0 Å². The third-order valence-corrected chi connectivity index (χ3v) is 1.95. The van der Waals surface area contributed by atoms with Gasteiger partial charge in [0.15, 0.2) is 0 Å². The van der Waals surface area contributed by atoms with Gasteiger partial charge in [-0.05, 0) is 6.92 Å². The van der Waals surface area contributed by atoms with Gasteiger partial charge >= 0.3 is 6.11 Å². The number of rotatable bonds is 3. The fourth-order valence-electron chi connectivity index (χ4n) is 0.867. The highest BCUT2D eigenvalue weighted by molar-refractivity contribution is 5.02. The van der Waals surface area contributed by atoms with Crippen LogP contribution in [0.15, 0.2) is 10.6 Å². The fourth-order valence-corrected chi connectivity index (χ4v) is 0.867. The van der Waals surface area contributed by atoms with Gasteiger partial charge in [-0.15, -0.1) is 0 Å². The average molecular weight is 219 g/mol. The van der Waals surface area contributed by atoms with E-state index in [4.69, 9.17) is 4.52 Å². The molecular weight excluding hydrogens is 204 g/mol. The lowest BCUT2D eigenvalue weighted by molar-refractivity contribution is -0.301. The first kappa shape index (κ1) is 12.1. The van der Waals surface area contributed by atoms with Crippen molar-refractivity contribution in [2.75, 3.05) is 0 Å². The van der Waals surface area contributed by atoms with E-state index in [0.717, 1.165) is 0 Å². The van der Waals surface area contributed by atoms with Gasteiger partial charge in [-0.2, -0.15) is 8.78 Å². The third kappa shape index (κ3) is 2.99. The van der Waals surface area contributed by atoms with Crippen molar-refractivity contribution in [2.45, 2.75) is 40.4 Å². The monoisotopic (exact) mass is 219 g/mol. The van der Waals surface area contributed by atoms with Crippen molar-refractivity contribution < 1.29 is 18.0 Å². The Kier molecular flexibility index (Phi) is 3.13. The molecule has 0 fully saturated rings. The molecule has 1 aromatic heterocycles. The second-order valence-corrected chi connectivity index (χ2v) is 4.48. The van der Waals surface area contributed by atoms with Crippen molar-refractivity contribution >= 4 is 0 Å². The van der Waals surface area contributed by atoms with E-state index in [1.54, 1.807) is 13.0 Å². The van der Waals surface area contributed by atoms with Gasteiger partial charge in [-0.3, -0.25) is 0 Å².